The summed E-state index contributed by atoms with van der Waals surface area (Å²) in [5, 5.41) is 20.6. The van der Waals surface area contributed by atoms with E-state index in [0.29, 0.717) is 11.7 Å². The van der Waals surface area contributed by atoms with E-state index in [1.165, 1.54) is 0 Å². The highest BCUT2D eigenvalue weighted by atomic mass is 35.5. The van der Waals surface area contributed by atoms with Gasteiger partial charge in [-0.2, -0.15) is 5.10 Å². The molecule has 2 atom stereocenters. The monoisotopic (exact) mass is 380 g/mol. The molecular weight excluding hydrogens is 356 g/mol. The van der Waals surface area contributed by atoms with Crippen LogP contribution in [0.3, 0.4) is 0 Å². The van der Waals surface area contributed by atoms with Crippen molar-refractivity contribution < 1.29 is 14.6 Å². The Morgan fingerprint density at radius 3 is 2.85 bits per heavy atom. The molecule has 1 fully saturated rings. The van der Waals surface area contributed by atoms with Gasteiger partial charge in [0.25, 0.3) is 5.91 Å². The molecule has 8 heteroatoms. The summed E-state index contributed by atoms with van der Waals surface area (Å²) in [6.45, 7) is 2.04. The Morgan fingerprint density at radius 1 is 1.42 bits per heavy atom. The molecule has 0 saturated carbocycles. The average molecular weight is 381 g/mol. The number of piperidine rings is 1. The molecule has 1 aromatic heterocycles. The van der Waals surface area contributed by atoms with E-state index in [0.717, 1.165) is 37.2 Å². The molecule has 1 aliphatic rings. The van der Waals surface area contributed by atoms with E-state index >= 15 is 0 Å². The standard InChI is InChI=1S/C18H24N4O3.ClH/c1-25-15-6-4-13(5-7-15)17(23)12-20-18(24)16-8-10-22(21-16)14-3-2-9-19-11-14;/h4-8,10,14,17,19,23H,2-3,9,11-12H2,1H3,(H,20,24);1H. The fourth-order valence-electron chi connectivity index (χ4n) is 2.95. The van der Waals surface area contributed by atoms with Crippen LogP contribution in [0.15, 0.2) is 36.5 Å². The molecular formula is C18H25ClN4O3. The molecule has 1 aromatic carbocycles. The normalized spacial score (nSPS) is 17.8. The second-order valence-electron chi connectivity index (χ2n) is 6.18. The van der Waals surface area contributed by atoms with Crippen molar-refractivity contribution in [3.63, 3.8) is 0 Å². The second-order valence-corrected chi connectivity index (χ2v) is 6.18. The highest BCUT2D eigenvalue weighted by molar-refractivity contribution is 5.92. The number of nitrogens with one attached hydrogen (secondary N) is 2. The number of aliphatic hydroxyl groups excluding tert-OH is 1. The van der Waals surface area contributed by atoms with E-state index in [2.05, 4.69) is 15.7 Å². The molecule has 7 nitrogen and oxygen atoms in total. The number of hydrogen-bond acceptors (Lipinski definition) is 5. The fourth-order valence-corrected chi connectivity index (χ4v) is 2.95. The van der Waals surface area contributed by atoms with Crippen LogP contribution in [0.4, 0.5) is 0 Å². The van der Waals surface area contributed by atoms with Gasteiger partial charge in [0.1, 0.15) is 11.4 Å². The van der Waals surface area contributed by atoms with Crippen molar-refractivity contribution in [2.45, 2.75) is 25.0 Å². The Labute approximate surface area is 159 Å². The highest BCUT2D eigenvalue weighted by Gasteiger charge is 2.18. The summed E-state index contributed by atoms with van der Waals surface area (Å²) in [7, 11) is 1.59. The summed E-state index contributed by atoms with van der Waals surface area (Å²) in [6, 6.07) is 9.12. The van der Waals surface area contributed by atoms with Crippen molar-refractivity contribution in [1.82, 2.24) is 20.4 Å². The third kappa shape index (κ3) is 4.97. The number of ether oxygens (including phenoxy) is 1. The Bertz CT molecular complexity index is 699. The SMILES string of the molecule is COc1ccc(C(O)CNC(=O)c2ccn(C3CCCNC3)n2)cc1.Cl. The van der Waals surface area contributed by atoms with Gasteiger partial charge in [-0.15, -0.1) is 12.4 Å². The van der Waals surface area contributed by atoms with Gasteiger partial charge < -0.3 is 20.5 Å². The van der Waals surface area contributed by atoms with Crippen LogP contribution < -0.4 is 15.4 Å². The van der Waals surface area contributed by atoms with E-state index in [1.54, 1.807) is 37.4 Å². The number of nitrogens with zero attached hydrogens (tertiary/aromatic N) is 2. The zero-order valence-corrected chi connectivity index (χ0v) is 15.5. The van der Waals surface area contributed by atoms with Crippen molar-refractivity contribution in [3.8, 4) is 5.75 Å². The first-order chi connectivity index (χ1) is 12.2. The maximum absolute atomic E-state index is 12.2. The third-order valence-corrected chi connectivity index (χ3v) is 4.44. The smallest absolute Gasteiger partial charge is 0.271 e. The van der Waals surface area contributed by atoms with E-state index in [-0.39, 0.29) is 24.9 Å². The van der Waals surface area contributed by atoms with Crippen molar-refractivity contribution in [1.29, 1.82) is 0 Å². The molecule has 0 bridgehead atoms. The first-order valence-corrected chi connectivity index (χ1v) is 8.53. The predicted octanol–water partition coefficient (Wildman–Crippen LogP) is 1.70. The van der Waals surface area contributed by atoms with E-state index in [4.69, 9.17) is 4.74 Å². The lowest BCUT2D eigenvalue weighted by molar-refractivity contribution is 0.0910. The number of amides is 1. The third-order valence-electron chi connectivity index (χ3n) is 4.44. The summed E-state index contributed by atoms with van der Waals surface area (Å²) in [5.41, 5.74) is 1.09. The molecule has 2 unspecified atom stereocenters. The Hall–Kier alpha value is -2.09. The summed E-state index contributed by atoms with van der Waals surface area (Å²) < 4.78 is 6.94. The van der Waals surface area contributed by atoms with Gasteiger partial charge in [-0.25, -0.2) is 0 Å². The largest absolute Gasteiger partial charge is 0.497 e. The number of aromatic nitrogens is 2. The summed E-state index contributed by atoms with van der Waals surface area (Å²) >= 11 is 0. The van der Waals surface area contributed by atoms with Crippen LogP contribution in [0.2, 0.25) is 0 Å². The predicted molar refractivity (Wildman–Crippen MR) is 101 cm³/mol. The van der Waals surface area contributed by atoms with Gasteiger partial charge in [-0.3, -0.25) is 9.48 Å². The number of halogens is 1. The number of hydrogen-bond donors (Lipinski definition) is 3. The molecule has 3 N–H and O–H groups in total. The number of methoxy groups -OCH3 is 1. The van der Waals surface area contributed by atoms with E-state index in [9.17, 15) is 9.90 Å². The van der Waals surface area contributed by atoms with Gasteiger partial charge in [0.15, 0.2) is 0 Å². The number of aliphatic hydroxyl groups is 1. The second kappa shape index (κ2) is 9.56. The molecule has 142 valence electrons. The van der Waals surface area contributed by atoms with Crippen LogP contribution >= 0.6 is 12.4 Å². The van der Waals surface area contributed by atoms with Crippen LogP contribution in [-0.2, 0) is 0 Å². The minimum atomic E-state index is -0.778. The molecule has 1 aliphatic heterocycles. The molecule has 1 amide bonds. The van der Waals surface area contributed by atoms with Crippen LogP contribution in [-0.4, -0.2) is 47.5 Å². The van der Waals surface area contributed by atoms with E-state index in [1.807, 2.05) is 10.9 Å². The van der Waals surface area contributed by atoms with Gasteiger partial charge in [-0.05, 0) is 43.1 Å². The van der Waals surface area contributed by atoms with Gasteiger partial charge in [0.05, 0.1) is 19.3 Å². The van der Waals surface area contributed by atoms with Gasteiger partial charge >= 0.3 is 0 Å². The number of carbonyl (C=O) groups is 1. The minimum absolute atomic E-state index is 0. The molecule has 1 saturated heterocycles. The van der Waals surface area contributed by atoms with Gasteiger partial charge in [0, 0.05) is 19.3 Å². The zero-order valence-electron chi connectivity index (χ0n) is 14.7. The van der Waals surface area contributed by atoms with Gasteiger partial charge in [-0.1, -0.05) is 12.1 Å². The summed E-state index contributed by atoms with van der Waals surface area (Å²) in [6.07, 6.45) is 3.23. The van der Waals surface area contributed by atoms with Crippen LogP contribution in [0.25, 0.3) is 0 Å². The fraction of sp³-hybridized carbons (Fsp3) is 0.444. The first-order valence-electron chi connectivity index (χ1n) is 8.53. The van der Waals surface area contributed by atoms with Crippen LogP contribution in [0.5, 0.6) is 5.75 Å². The quantitative estimate of drug-likeness (QED) is 0.710. The number of carbonyl (C=O) groups excluding carboxylic acids is 1. The Kier molecular flexibility index (Phi) is 7.44. The lowest BCUT2D eigenvalue weighted by Crippen LogP contribution is -2.32. The van der Waals surface area contributed by atoms with Crippen LogP contribution in [0, 0.1) is 0 Å². The topological polar surface area (TPSA) is 88.4 Å². The zero-order chi connectivity index (χ0) is 17.6. The lowest BCUT2D eigenvalue weighted by Gasteiger charge is -2.22. The van der Waals surface area contributed by atoms with Crippen molar-refractivity contribution in [2.75, 3.05) is 26.7 Å². The molecule has 0 aliphatic carbocycles. The Morgan fingerprint density at radius 2 is 2.19 bits per heavy atom. The maximum Gasteiger partial charge on any atom is 0.271 e. The van der Waals surface area contributed by atoms with Crippen molar-refractivity contribution in [2.24, 2.45) is 0 Å². The minimum Gasteiger partial charge on any atom is -0.497 e. The first kappa shape index (κ1) is 20.2. The average Bonchev–Trinajstić information content (AvgIpc) is 3.17. The number of benzene rings is 1. The van der Waals surface area contributed by atoms with Crippen molar-refractivity contribution in [3.05, 3.63) is 47.8 Å². The molecule has 26 heavy (non-hydrogen) atoms. The molecule has 2 heterocycles. The molecule has 3 rings (SSSR count). The highest BCUT2D eigenvalue weighted by Crippen LogP contribution is 2.18. The lowest BCUT2D eigenvalue weighted by atomic mass is 10.1. The van der Waals surface area contributed by atoms with Crippen LogP contribution in [0.1, 0.15) is 41.0 Å². The summed E-state index contributed by atoms with van der Waals surface area (Å²) in [4.78, 5) is 12.2. The molecule has 2 aromatic rings. The van der Waals surface area contributed by atoms with Gasteiger partial charge in [0.2, 0.25) is 0 Å². The Balaban J connectivity index is 0.00000243. The van der Waals surface area contributed by atoms with E-state index < -0.39 is 6.10 Å². The summed E-state index contributed by atoms with van der Waals surface area (Å²) in [5.74, 6) is 0.442. The molecule has 0 spiro atoms. The number of rotatable bonds is 6. The van der Waals surface area contributed by atoms with Crippen molar-refractivity contribution >= 4 is 18.3 Å². The maximum atomic E-state index is 12.2. The molecule has 0 radical (unpaired) electrons.